The molecule has 5 nitrogen and oxygen atoms in total. The molecule has 0 spiro atoms. The quantitative estimate of drug-likeness (QED) is 0.943. The van der Waals surface area contributed by atoms with Crippen LogP contribution in [0.5, 0.6) is 5.75 Å². The van der Waals surface area contributed by atoms with Crippen molar-refractivity contribution < 1.29 is 9.53 Å². The Morgan fingerprint density at radius 2 is 2.29 bits per heavy atom. The Bertz CT molecular complexity index is 753. The summed E-state index contributed by atoms with van der Waals surface area (Å²) in [6, 6.07) is 8.01. The number of nitrogens with zero attached hydrogens (tertiary/aromatic N) is 2. The Labute approximate surface area is 142 Å². The first kappa shape index (κ1) is 15.2. The molecule has 0 radical (unpaired) electrons. The van der Waals surface area contributed by atoms with E-state index in [4.69, 9.17) is 4.74 Å². The van der Waals surface area contributed by atoms with Gasteiger partial charge in [0, 0.05) is 30.8 Å². The lowest BCUT2D eigenvalue weighted by atomic mass is 9.94. The number of aryl methyl sites for hydroxylation is 1. The van der Waals surface area contributed by atoms with Crippen LogP contribution in [0.1, 0.15) is 35.9 Å². The monoisotopic (exact) mass is 325 g/mol. The average molecular weight is 325 g/mol. The number of amides is 1. The molecule has 1 N–H and O–H groups in total. The van der Waals surface area contributed by atoms with Crippen molar-refractivity contribution in [3.05, 3.63) is 46.8 Å². The van der Waals surface area contributed by atoms with Gasteiger partial charge in [0.15, 0.2) is 0 Å². The second-order valence-corrected chi connectivity index (χ2v) is 6.71. The lowest BCUT2D eigenvalue weighted by Gasteiger charge is -2.32. The van der Waals surface area contributed by atoms with Gasteiger partial charge in [-0.1, -0.05) is 31.5 Å². The van der Waals surface area contributed by atoms with Crippen LogP contribution in [-0.4, -0.2) is 34.2 Å². The Balaban J connectivity index is 1.49. The third kappa shape index (κ3) is 2.68. The van der Waals surface area contributed by atoms with Gasteiger partial charge in [-0.2, -0.15) is 5.10 Å². The van der Waals surface area contributed by atoms with E-state index in [0.717, 1.165) is 49.2 Å². The highest BCUT2D eigenvalue weighted by Crippen LogP contribution is 2.29. The van der Waals surface area contributed by atoms with Crippen LogP contribution < -0.4 is 4.74 Å². The summed E-state index contributed by atoms with van der Waals surface area (Å²) in [7, 11) is 0. The van der Waals surface area contributed by atoms with E-state index in [0.29, 0.717) is 13.2 Å². The van der Waals surface area contributed by atoms with Crippen LogP contribution in [0.25, 0.3) is 0 Å². The normalized spacial score (nSPS) is 19.4. The SMILES string of the molecule is CCCc1n[nH]c2c1CN(C(=O)[C@H]1COc3ccccc3C1)CC2. The smallest absolute Gasteiger partial charge is 0.229 e. The predicted octanol–water partition coefficient (Wildman–Crippen LogP) is 2.50. The fourth-order valence-corrected chi connectivity index (χ4v) is 3.73. The van der Waals surface area contributed by atoms with Crippen molar-refractivity contribution in [1.29, 1.82) is 0 Å². The summed E-state index contributed by atoms with van der Waals surface area (Å²) < 4.78 is 5.80. The van der Waals surface area contributed by atoms with Gasteiger partial charge in [-0.05, 0) is 24.5 Å². The first-order valence-electron chi connectivity index (χ1n) is 8.80. The molecule has 0 fully saturated rings. The molecule has 0 saturated heterocycles. The number of rotatable bonds is 3. The summed E-state index contributed by atoms with van der Waals surface area (Å²) in [6.45, 7) is 4.08. The van der Waals surface area contributed by atoms with Gasteiger partial charge < -0.3 is 9.64 Å². The average Bonchev–Trinajstić information content (AvgIpc) is 3.03. The van der Waals surface area contributed by atoms with Gasteiger partial charge in [-0.25, -0.2) is 0 Å². The third-order valence-corrected chi connectivity index (χ3v) is 5.05. The molecule has 2 aliphatic rings. The second kappa shape index (κ2) is 6.30. The molecule has 1 aromatic carbocycles. The molecule has 0 saturated carbocycles. The van der Waals surface area contributed by atoms with Gasteiger partial charge in [0.25, 0.3) is 0 Å². The van der Waals surface area contributed by atoms with Crippen LogP contribution in [0, 0.1) is 5.92 Å². The lowest BCUT2D eigenvalue weighted by molar-refractivity contribution is -0.137. The molecule has 0 bridgehead atoms. The molecule has 2 aromatic rings. The van der Waals surface area contributed by atoms with E-state index in [9.17, 15) is 4.79 Å². The van der Waals surface area contributed by atoms with Crippen molar-refractivity contribution in [1.82, 2.24) is 15.1 Å². The number of hydrogen-bond donors (Lipinski definition) is 1. The third-order valence-electron chi connectivity index (χ3n) is 5.05. The predicted molar refractivity (Wildman–Crippen MR) is 90.8 cm³/mol. The summed E-state index contributed by atoms with van der Waals surface area (Å²) in [6.07, 6.45) is 3.67. The van der Waals surface area contributed by atoms with Gasteiger partial charge in [-0.3, -0.25) is 9.89 Å². The Morgan fingerprint density at radius 1 is 1.42 bits per heavy atom. The zero-order chi connectivity index (χ0) is 16.5. The number of benzene rings is 1. The lowest BCUT2D eigenvalue weighted by Crippen LogP contribution is -2.43. The summed E-state index contributed by atoms with van der Waals surface area (Å²) in [5.41, 5.74) is 4.69. The number of fused-ring (bicyclic) bond motifs is 2. The van der Waals surface area contributed by atoms with Crippen molar-refractivity contribution in [3.63, 3.8) is 0 Å². The fourth-order valence-electron chi connectivity index (χ4n) is 3.73. The Kier molecular flexibility index (Phi) is 4.00. The van der Waals surface area contributed by atoms with Gasteiger partial charge in [0.1, 0.15) is 12.4 Å². The van der Waals surface area contributed by atoms with Crippen LogP contribution >= 0.6 is 0 Å². The van der Waals surface area contributed by atoms with E-state index < -0.39 is 0 Å². The molecule has 1 atom stereocenters. The molecule has 3 heterocycles. The van der Waals surface area contributed by atoms with E-state index in [1.54, 1.807) is 0 Å². The molecular formula is C19H23N3O2. The topological polar surface area (TPSA) is 58.2 Å². The largest absolute Gasteiger partial charge is 0.492 e. The molecule has 0 unspecified atom stereocenters. The van der Waals surface area contributed by atoms with Gasteiger partial charge in [0.2, 0.25) is 5.91 Å². The highest BCUT2D eigenvalue weighted by atomic mass is 16.5. The van der Waals surface area contributed by atoms with Crippen LogP contribution in [0.3, 0.4) is 0 Å². The highest BCUT2D eigenvalue weighted by molar-refractivity contribution is 5.80. The minimum absolute atomic E-state index is 0.0806. The Hall–Kier alpha value is -2.30. The number of para-hydroxylation sites is 1. The molecule has 5 heteroatoms. The number of aromatic nitrogens is 2. The maximum atomic E-state index is 13.0. The zero-order valence-electron chi connectivity index (χ0n) is 14.0. The summed E-state index contributed by atoms with van der Waals surface area (Å²) in [5, 5.41) is 7.59. The summed E-state index contributed by atoms with van der Waals surface area (Å²) in [5.74, 6) is 1.05. The number of ether oxygens (including phenoxy) is 1. The number of hydrogen-bond acceptors (Lipinski definition) is 3. The molecule has 24 heavy (non-hydrogen) atoms. The molecule has 0 aliphatic carbocycles. The number of nitrogens with one attached hydrogen (secondary N) is 1. The fraction of sp³-hybridized carbons (Fsp3) is 0.474. The van der Waals surface area contributed by atoms with Crippen LogP contribution in [0.15, 0.2) is 24.3 Å². The van der Waals surface area contributed by atoms with Gasteiger partial charge >= 0.3 is 0 Å². The maximum Gasteiger partial charge on any atom is 0.229 e. The van der Waals surface area contributed by atoms with E-state index in [1.807, 2.05) is 23.1 Å². The number of H-pyrrole nitrogens is 1. The van der Waals surface area contributed by atoms with Crippen molar-refractivity contribution in [2.45, 2.75) is 39.2 Å². The standard InChI is InChI=1S/C19H23N3O2/c1-2-5-16-15-11-22(9-8-17(15)21-20-16)19(23)14-10-13-6-3-4-7-18(13)24-12-14/h3-4,6-7,14H,2,5,8-12H2,1H3,(H,20,21)/t14-/m1/s1. The van der Waals surface area contributed by atoms with Gasteiger partial charge in [-0.15, -0.1) is 0 Å². The molecular weight excluding hydrogens is 302 g/mol. The molecule has 1 amide bonds. The molecule has 1 aromatic heterocycles. The summed E-state index contributed by atoms with van der Waals surface area (Å²) >= 11 is 0. The molecule has 4 rings (SSSR count). The number of carbonyl (C=O) groups is 1. The van der Waals surface area contributed by atoms with Crippen molar-refractivity contribution >= 4 is 5.91 Å². The second-order valence-electron chi connectivity index (χ2n) is 6.71. The van der Waals surface area contributed by atoms with Crippen molar-refractivity contribution in [3.8, 4) is 5.75 Å². The highest BCUT2D eigenvalue weighted by Gasteiger charge is 2.32. The van der Waals surface area contributed by atoms with Gasteiger partial charge in [0.05, 0.1) is 11.6 Å². The first-order chi connectivity index (χ1) is 11.8. The Morgan fingerprint density at radius 3 is 3.17 bits per heavy atom. The number of carbonyl (C=O) groups excluding carboxylic acids is 1. The van der Waals surface area contributed by atoms with Crippen LogP contribution in [0.4, 0.5) is 0 Å². The van der Waals surface area contributed by atoms with E-state index in [2.05, 4.69) is 23.2 Å². The number of aromatic amines is 1. The molecule has 126 valence electrons. The molecule has 2 aliphatic heterocycles. The zero-order valence-corrected chi connectivity index (χ0v) is 14.0. The van der Waals surface area contributed by atoms with E-state index in [1.165, 1.54) is 11.3 Å². The van der Waals surface area contributed by atoms with E-state index in [-0.39, 0.29) is 11.8 Å². The van der Waals surface area contributed by atoms with Crippen LogP contribution in [-0.2, 0) is 30.6 Å². The van der Waals surface area contributed by atoms with Crippen molar-refractivity contribution in [2.75, 3.05) is 13.2 Å². The first-order valence-corrected chi connectivity index (χ1v) is 8.80. The minimum Gasteiger partial charge on any atom is -0.492 e. The van der Waals surface area contributed by atoms with Crippen LogP contribution in [0.2, 0.25) is 0 Å². The minimum atomic E-state index is -0.0806. The summed E-state index contributed by atoms with van der Waals surface area (Å²) in [4.78, 5) is 15.0. The maximum absolute atomic E-state index is 13.0. The van der Waals surface area contributed by atoms with E-state index >= 15 is 0 Å². The van der Waals surface area contributed by atoms with Crippen molar-refractivity contribution in [2.24, 2.45) is 5.92 Å².